The van der Waals surface area contributed by atoms with Gasteiger partial charge < -0.3 is 5.32 Å². The Morgan fingerprint density at radius 1 is 1.38 bits per heavy atom. The highest BCUT2D eigenvalue weighted by Crippen LogP contribution is 2.25. The molecule has 1 fully saturated rings. The third-order valence-corrected chi connectivity index (χ3v) is 3.41. The lowest BCUT2D eigenvalue weighted by molar-refractivity contribution is 0.333. The zero-order valence-electron chi connectivity index (χ0n) is 10.2. The van der Waals surface area contributed by atoms with Gasteiger partial charge in [0.25, 0.3) is 0 Å². The first-order valence-corrected chi connectivity index (χ1v) is 6.40. The summed E-state index contributed by atoms with van der Waals surface area (Å²) in [4.78, 5) is 0. The van der Waals surface area contributed by atoms with E-state index < -0.39 is 0 Å². The van der Waals surface area contributed by atoms with Gasteiger partial charge in [-0.2, -0.15) is 0 Å². The standard InChI is InChI=1S/C12H22N4/c1-16-10-12(14-15-16)9-13-8-7-11-5-3-2-4-6-11/h10-11,13H,2-9H2,1H3. The summed E-state index contributed by atoms with van der Waals surface area (Å²) in [7, 11) is 1.90. The molecule has 16 heavy (non-hydrogen) atoms. The van der Waals surface area contributed by atoms with Crippen molar-refractivity contribution in [1.29, 1.82) is 0 Å². The summed E-state index contributed by atoms with van der Waals surface area (Å²) in [6, 6.07) is 0. The van der Waals surface area contributed by atoms with Crippen LogP contribution >= 0.6 is 0 Å². The van der Waals surface area contributed by atoms with E-state index >= 15 is 0 Å². The van der Waals surface area contributed by atoms with Crippen molar-refractivity contribution in [2.24, 2.45) is 13.0 Å². The Balaban J connectivity index is 1.57. The van der Waals surface area contributed by atoms with Crippen LogP contribution in [0.5, 0.6) is 0 Å². The fourth-order valence-electron chi connectivity index (χ4n) is 2.47. The van der Waals surface area contributed by atoms with Gasteiger partial charge in [-0.1, -0.05) is 37.3 Å². The third kappa shape index (κ3) is 3.59. The summed E-state index contributed by atoms with van der Waals surface area (Å²) in [6.07, 6.45) is 10.5. The topological polar surface area (TPSA) is 42.7 Å². The molecule has 0 saturated heterocycles. The fraction of sp³-hybridized carbons (Fsp3) is 0.833. The molecule has 1 aliphatic carbocycles. The molecular formula is C12H22N4. The van der Waals surface area contributed by atoms with Gasteiger partial charge in [-0.3, -0.25) is 4.68 Å². The minimum atomic E-state index is 0.848. The molecule has 0 aliphatic heterocycles. The Hall–Kier alpha value is -0.900. The second-order valence-electron chi connectivity index (χ2n) is 4.85. The summed E-state index contributed by atoms with van der Waals surface area (Å²) < 4.78 is 1.75. The van der Waals surface area contributed by atoms with E-state index in [1.165, 1.54) is 38.5 Å². The van der Waals surface area contributed by atoms with Gasteiger partial charge in [-0.15, -0.1) is 5.10 Å². The van der Waals surface area contributed by atoms with Gasteiger partial charge in [0.2, 0.25) is 0 Å². The molecule has 0 atom stereocenters. The molecule has 1 aliphatic rings. The number of aryl methyl sites for hydroxylation is 1. The minimum absolute atomic E-state index is 0.848. The SMILES string of the molecule is Cn1cc(CNCCC2CCCCC2)nn1. The summed E-state index contributed by atoms with van der Waals surface area (Å²) >= 11 is 0. The molecule has 0 radical (unpaired) electrons. The van der Waals surface area contributed by atoms with Crippen molar-refractivity contribution in [3.63, 3.8) is 0 Å². The van der Waals surface area contributed by atoms with Crippen LogP contribution in [-0.2, 0) is 13.6 Å². The van der Waals surface area contributed by atoms with Crippen LogP contribution in [0.1, 0.15) is 44.2 Å². The van der Waals surface area contributed by atoms with Crippen LogP contribution in [-0.4, -0.2) is 21.5 Å². The molecule has 1 aromatic rings. The maximum Gasteiger partial charge on any atom is 0.0964 e. The number of hydrogen-bond acceptors (Lipinski definition) is 3. The average molecular weight is 222 g/mol. The van der Waals surface area contributed by atoms with E-state index in [4.69, 9.17) is 0 Å². The monoisotopic (exact) mass is 222 g/mol. The van der Waals surface area contributed by atoms with Crippen molar-refractivity contribution in [2.75, 3.05) is 6.54 Å². The van der Waals surface area contributed by atoms with E-state index in [1.54, 1.807) is 4.68 Å². The molecule has 0 bridgehead atoms. The predicted octanol–water partition coefficient (Wildman–Crippen LogP) is 1.88. The van der Waals surface area contributed by atoms with Crippen LogP contribution in [0.3, 0.4) is 0 Å². The Bertz CT molecular complexity index is 302. The van der Waals surface area contributed by atoms with Gasteiger partial charge >= 0.3 is 0 Å². The van der Waals surface area contributed by atoms with Crippen LogP contribution in [0.25, 0.3) is 0 Å². The molecule has 1 N–H and O–H groups in total. The van der Waals surface area contributed by atoms with E-state index in [1.807, 2.05) is 13.2 Å². The van der Waals surface area contributed by atoms with E-state index in [0.717, 1.165) is 24.7 Å². The summed E-state index contributed by atoms with van der Waals surface area (Å²) in [6.45, 7) is 1.96. The maximum atomic E-state index is 4.05. The lowest BCUT2D eigenvalue weighted by Gasteiger charge is -2.21. The molecule has 1 heterocycles. The molecule has 90 valence electrons. The van der Waals surface area contributed by atoms with Crippen LogP contribution in [0.2, 0.25) is 0 Å². The Labute approximate surface area is 97.4 Å². The Kier molecular flexibility index (Phi) is 4.34. The number of nitrogens with one attached hydrogen (secondary N) is 1. The number of hydrogen-bond donors (Lipinski definition) is 1. The largest absolute Gasteiger partial charge is 0.311 e. The normalized spacial score (nSPS) is 17.8. The second-order valence-corrected chi connectivity index (χ2v) is 4.85. The van der Waals surface area contributed by atoms with Gasteiger partial charge in [-0.05, 0) is 18.9 Å². The predicted molar refractivity (Wildman–Crippen MR) is 63.9 cm³/mol. The molecule has 2 rings (SSSR count). The maximum absolute atomic E-state index is 4.05. The van der Waals surface area contributed by atoms with Crippen LogP contribution in [0, 0.1) is 5.92 Å². The van der Waals surface area contributed by atoms with Gasteiger partial charge in [0, 0.05) is 19.8 Å². The van der Waals surface area contributed by atoms with Crippen molar-refractivity contribution < 1.29 is 0 Å². The highest BCUT2D eigenvalue weighted by molar-refractivity contribution is 4.90. The first-order chi connectivity index (χ1) is 7.84. The van der Waals surface area contributed by atoms with E-state index in [0.29, 0.717) is 0 Å². The molecule has 1 saturated carbocycles. The van der Waals surface area contributed by atoms with Gasteiger partial charge in [0.05, 0.1) is 5.69 Å². The molecule has 0 amide bonds. The van der Waals surface area contributed by atoms with Crippen molar-refractivity contribution in [1.82, 2.24) is 20.3 Å². The fourth-order valence-corrected chi connectivity index (χ4v) is 2.47. The van der Waals surface area contributed by atoms with Crippen molar-refractivity contribution in [3.05, 3.63) is 11.9 Å². The highest BCUT2D eigenvalue weighted by Gasteiger charge is 2.12. The lowest BCUT2D eigenvalue weighted by atomic mass is 9.87. The van der Waals surface area contributed by atoms with Crippen LogP contribution < -0.4 is 5.32 Å². The highest BCUT2D eigenvalue weighted by atomic mass is 15.4. The smallest absolute Gasteiger partial charge is 0.0964 e. The van der Waals surface area contributed by atoms with Crippen molar-refractivity contribution >= 4 is 0 Å². The van der Waals surface area contributed by atoms with Crippen molar-refractivity contribution in [2.45, 2.75) is 45.1 Å². The lowest BCUT2D eigenvalue weighted by Crippen LogP contribution is -2.19. The second kappa shape index (κ2) is 5.99. The first kappa shape index (κ1) is 11.6. The summed E-state index contributed by atoms with van der Waals surface area (Å²) in [5, 5.41) is 11.4. The third-order valence-electron chi connectivity index (χ3n) is 3.41. The molecule has 0 aromatic carbocycles. The summed E-state index contributed by atoms with van der Waals surface area (Å²) in [5.41, 5.74) is 1.03. The first-order valence-electron chi connectivity index (χ1n) is 6.40. The zero-order chi connectivity index (χ0) is 11.2. The van der Waals surface area contributed by atoms with Gasteiger partial charge in [0.15, 0.2) is 0 Å². The number of rotatable bonds is 5. The number of nitrogens with zero attached hydrogens (tertiary/aromatic N) is 3. The minimum Gasteiger partial charge on any atom is -0.311 e. The average Bonchev–Trinajstić information content (AvgIpc) is 2.72. The van der Waals surface area contributed by atoms with E-state index in [9.17, 15) is 0 Å². The molecular weight excluding hydrogens is 200 g/mol. The zero-order valence-corrected chi connectivity index (χ0v) is 10.2. The number of aromatic nitrogens is 3. The van der Waals surface area contributed by atoms with Gasteiger partial charge in [-0.25, -0.2) is 0 Å². The van der Waals surface area contributed by atoms with E-state index in [2.05, 4.69) is 15.6 Å². The van der Waals surface area contributed by atoms with Gasteiger partial charge in [0.1, 0.15) is 0 Å². The quantitative estimate of drug-likeness (QED) is 0.773. The van der Waals surface area contributed by atoms with Crippen LogP contribution in [0.4, 0.5) is 0 Å². The molecule has 4 heteroatoms. The molecule has 0 spiro atoms. The Morgan fingerprint density at radius 3 is 2.88 bits per heavy atom. The summed E-state index contributed by atoms with van der Waals surface area (Å²) in [5.74, 6) is 0.961. The molecule has 4 nitrogen and oxygen atoms in total. The van der Waals surface area contributed by atoms with E-state index in [-0.39, 0.29) is 0 Å². The molecule has 0 unspecified atom stereocenters. The van der Waals surface area contributed by atoms with Crippen molar-refractivity contribution in [3.8, 4) is 0 Å². The Morgan fingerprint density at radius 2 is 2.19 bits per heavy atom. The van der Waals surface area contributed by atoms with Crippen LogP contribution in [0.15, 0.2) is 6.20 Å². The molecule has 1 aromatic heterocycles.